The molecule has 2 saturated heterocycles. The van der Waals surface area contributed by atoms with E-state index in [1.54, 1.807) is 0 Å². The number of aromatic nitrogens is 3. The molecule has 2 fully saturated rings. The molecule has 3 unspecified atom stereocenters. The number of H-pyrrole nitrogens is 1. The minimum Gasteiger partial charge on any atom is -0.375 e. The van der Waals surface area contributed by atoms with Gasteiger partial charge in [0, 0.05) is 12.8 Å². The van der Waals surface area contributed by atoms with Gasteiger partial charge in [-0.1, -0.05) is 11.8 Å². The van der Waals surface area contributed by atoms with Gasteiger partial charge in [-0.15, -0.1) is 0 Å². The molecule has 2 bridgehead atoms. The van der Waals surface area contributed by atoms with Crippen LogP contribution in [0, 0.1) is 5.92 Å². The molecule has 1 aromatic rings. The summed E-state index contributed by atoms with van der Waals surface area (Å²) < 4.78 is 6.73. The largest absolute Gasteiger partial charge is 0.375 e. The Hall–Kier alpha value is -1.08. The second-order valence-corrected chi connectivity index (χ2v) is 5.88. The number of hydrogen-bond donors (Lipinski definition) is 1. The third kappa shape index (κ3) is 2.12. The first-order valence-electron chi connectivity index (χ1n) is 6.09. The van der Waals surface area contributed by atoms with E-state index in [9.17, 15) is 9.59 Å². The molecule has 18 heavy (non-hydrogen) atoms. The summed E-state index contributed by atoms with van der Waals surface area (Å²) >= 11 is 1.43. The molecule has 0 saturated carbocycles. The van der Waals surface area contributed by atoms with Crippen molar-refractivity contribution in [2.45, 2.75) is 36.6 Å². The Morgan fingerprint density at radius 2 is 2.33 bits per heavy atom. The summed E-state index contributed by atoms with van der Waals surface area (Å²) in [4.78, 5) is 29.2. The van der Waals surface area contributed by atoms with Crippen LogP contribution in [0.1, 0.15) is 19.3 Å². The lowest BCUT2D eigenvalue weighted by Gasteiger charge is -2.17. The fourth-order valence-corrected chi connectivity index (χ4v) is 3.65. The topological polar surface area (TPSA) is 77.0 Å². The number of nitrogens with zero attached hydrogens (tertiary/aromatic N) is 2. The fraction of sp³-hybridized carbons (Fsp3) is 0.727. The Labute approximate surface area is 108 Å². The van der Waals surface area contributed by atoms with Gasteiger partial charge in [-0.25, -0.2) is 14.2 Å². The van der Waals surface area contributed by atoms with Crippen LogP contribution < -0.4 is 11.4 Å². The number of ether oxygens (including phenoxy) is 1. The van der Waals surface area contributed by atoms with Crippen molar-refractivity contribution >= 4 is 11.8 Å². The van der Waals surface area contributed by atoms with Gasteiger partial charge in [0.1, 0.15) is 0 Å². The number of fused-ring (bicyclic) bond motifs is 2. The number of thioether (sulfide) groups is 1. The van der Waals surface area contributed by atoms with Crippen molar-refractivity contribution in [2.24, 2.45) is 13.0 Å². The van der Waals surface area contributed by atoms with Gasteiger partial charge in [0.15, 0.2) is 5.16 Å². The van der Waals surface area contributed by atoms with Crippen molar-refractivity contribution in [3.63, 3.8) is 0 Å². The predicted molar refractivity (Wildman–Crippen MR) is 66.8 cm³/mol. The summed E-state index contributed by atoms with van der Waals surface area (Å²) in [6.45, 7) is 0. The number of nitrogens with one attached hydrogen (secondary N) is 1. The first kappa shape index (κ1) is 12.0. The average Bonchev–Trinajstić information content (AvgIpc) is 2.95. The Bertz CT molecular complexity index is 536. The van der Waals surface area contributed by atoms with E-state index in [0.29, 0.717) is 23.3 Å². The molecule has 2 aliphatic rings. The molecule has 0 aliphatic carbocycles. The normalized spacial score (nSPS) is 29.9. The van der Waals surface area contributed by atoms with Crippen molar-refractivity contribution in [2.75, 3.05) is 5.75 Å². The maximum absolute atomic E-state index is 11.4. The van der Waals surface area contributed by atoms with E-state index in [0.717, 1.165) is 23.2 Å². The lowest BCUT2D eigenvalue weighted by molar-refractivity contribution is 0.0954. The molecule has 0 radical (unpaired) electrons. The van der Waals surface area contributed by atoms with Crippen LogP contribution in [-0.4, -0.2) is 32.5 Å². The minimum atomic E-state index is -0.509. The van der Waals surface area contributed by atoms with Gasteiger partial charge in [-0.2, -0.15) is 4.98 Å². The molecular weight excluding hydrogens is 254 g/mol. The van der Waals surface area contributed by atoms with Crippen molar-refractivity contribution in [1.82, 2.24) is 14.5 Å². The Morgan fingerprint density at radius 3 is 2.94 bits per heavy atom. The third-order valence-electron chi connectivity index (χ3n) is 3.67. The molecule has 3 atom stereocenters. The van der Waals surface area contributed by atoms with E-state index in [1.165, 1.54) is 25.2 Å². The molecule has 3 heterocycles. The second-order valence-electron chi connectivity index (χ2n) is 4.87. The molecule has 0 aromatic carbocycles. The highest BCUT2D eigenvalue weighted by Gasteiger charge is 2.40. The van der Waals surface area contributed by atoms with E-state index in [1.807, 2.05) is 0 Å². The van der Waals surface area contributed by atoms with E-state index in [-0.39, 0.29) is 0 Å². The van der Waals surface area contributed by atoms with Crippen LogP contribution in [-0.2, 0) is 11.8 Å². The van der Waals surface area contributed by atoms with Gasteiger partial charge in [0.25, 0.3) is 0 Å². The van der Waals surface area contributed by atoms with E-state index >= 15 is 0 Å². The van der Waals surface area contributed by atoms with Crippen LogP contribution >= 0.6 is 11.8 Å². The molecule has 1 aromatic heterocycles. The van der Waals surface area contributed by atoms with Crippen molar-refractivity contribution in [3.05, 3.63) is 21.0 Å². The summed E-state index contributed by atoms with van der Waals surface area (Å²) in [6.07, 6.45) is 4.19. The lowest BCUT2D eigenvalue weighted by Crippen LogP contribution is -2.35. The lowest BCUT2D eigenvalue weighted by atomic mass is 9.91. The van der Waals surface area contributed by atoms with Crippen molar-refractivity contribution < 1.29 is 4.74 Å². The fourth-order valence-electron chi connectivity index (χ4n) is 2.62. The Balaban J connectivity index is 1.67. The number of aromatic amines is 1. The van der Waals surface area contributed by atoms with Crippen LogP contribution in [0.15, 0.2) is 14.7 Å². The van der Waals surface area contributed by atoms with Crippen LogP contribution in [0.5, 0.6) is 0 Å². The highest BCUT2D eigenvalue weighted by molar-refractivity contribution is 7.99. The summed E-state index contributed by atoms with van der Waals surface area (Å²) in [5.74, 6) is 1.36. The van der Waals surface area contributed by atoms with Gasteiger partial charge in [-0.05, 0) is 25.2 Å². The Morgan fingerprint density at radius 1 is 1.50 bits per heavy atom. The maximum Gasteiger partial charge on any atom is 0.353 e. The zero-order chi connectivity index (χ0) is 12.7. The van der Waals surface area contributed by atoms with Crippen molar-refractivity contribution in [1.29, 1.82) is 0 Å². The summed E-state index contributed by atoms with van der Waals surface area (Å²) in [5.41, 5.74) is -0.924. The van der Waals surface area contributed by atoms with E-state index in [2.05, 4.69) is 9.97 Å². The van der Waals surface area contributed by atoms with Gasteiger partial charge in [0.05, 0.1) is 12.2 Å². The Kier molecular flexibility index (Phi) is 3.03. The molecule has 98 valence electrons. The predicted octanol–water partition coefficient (Wildman–Crippen LogP) is 0.128. The first-order chi connectivity index (χ1) is 8.63. The monoisotopic (exact) mass is 269 g/mol. The van der Waals surface area contributed by atoms with Gasteiger partial charge >= 0.3 is 11.4 Å². The molecule has 0 amide bonds. The van der Waals surface area contributed by atoms with Crippen molar-refractivity contribution in [3.8, 4) is 0 Å². The zero-order valence-electron chi connectivity index (χ0n) is 10.1. The van der Waals surface area contributed by atoms with Crippen LogP contribution in [0.4, 0.5) is 0 Å². The first-order valence-corrected chi connectivity index (χ1v) is 7.07. The second kappa shape index (κ2) is 4.55. The maximum atomic E-state index is 11.4. The van der Waals surface area contributed by atoms with Gasteiger partial charge < -0.3 is 4.74 Å². The van der Waals surface area contributed by atoms with Gasteiger partial charge in [0.2, 0.25) is 0 Å². The van der Waals surface area contributed by atoms with Crippen LogP contribution in [0.2, 0.25) is 0 Å². The molecule has 2 aliphatic heterocycles. The van der Waals surface area contributed by atoms with E-state index in [4.69, 9.17) is 4.74 Å². The molecule has 3 rings (SSSR count). The van der Waals surface area contributed by atoms with Gasteiger partial charge in [-0.3, -0.25) is 4.98 Å². The number of rotatable bonds is 3. The third-order valence-corrected chi connectivity index (χ3v) is 4.73. The highest BCUT2D eigenvalue weighted by Crippen LogP contribution is 2.40. The van der Waals surface area contributed by atoms with Crippen LogP contribution in [0.3, 0.4) is 0 Å². The molecule has 7 heteroatoms. The SMILES string of the molecule is Cn1c(=O)nc(SCC2CC3CCC2O3)[nH]c1=O. The standard InChI is InChI=1S/C11H15N3O3S/c1-14-10(15)12-9(13-11(14)16)18-5-6-4-7-2-3-8(6)17-7/h6-8H,2-5H2,1H3,(H,12,13,15,16). The zero-order valence-corrected chi connectivity index (χ0v) is 10.9. The minimum absolute atomic E-state index is 0.362. The van der Waals surface area contributed by atoms with E-state index < -0.39 is 11.4 Å². The quantitative estimate of drug-likeness (QED) is 0.789. The average molecular weight is 269 g/mol. The summed E-state index contributed by atoms with van der Waals surface area (Å²) in [5, 5.41) is 0.408. The molecule has 0 spiro atoms. The summed E-state index contributed by atoms with van der Waals surface area (Å²) in [6, 6.07) is 0. The molecule has 6 nitrogen and oxygen atoms in total. The molecule has 1 N–H and O–H groups in total. The number of hydrogen-bond acceptors (Lipinski definition) is 5. The molecular formula is C11H15N3O3S. The smallest absolute Gasteiger partial charge is 0.353 e. The van der Waals surface area contributed by atoms with Crippen LogP contribution in [0.25, 0.3) is 0 Å². The summed E-state index contributed by atoms with van der Waals surface area (Å²) in [7, 11) is 1.41. The highest BCUT2D eigenvalue weighted by atomic mass is 32.2.